The van der Waals surface area contributed by atoms with E-state index in [2.05, 4.69) is 30.3 Å². The van der Waals surface area contributed by atoms with Crippen LogP contribution in [0.25, 0.3) is 0 Å². The van der Waals surface area contributed by atoms with Crippen molar-refractivity contribution in [3.8, 4) is 11.5 Å². The van der Waals surface area contributed by atoms with E-state index in [0.29, 0.717) is 13.2 Å². The summed E-state index contributed by atoms with van der Waals surface area (Å²) in [6, 6.07) is 7.38. The van der Waals surface area contributed by atoms with Crippen LogP contribution < -0.4 is 14.8 Å². The maximum Gasteiger partial charge on any atom is 0.244 e. The third kappa shape index (κ3) is 3.53. The van der Waals surface area contributed by atoms with Crippen LogP contribution in [0.5, 0.6) is 11.5 Å². The van der Waals surface area contributed by atoms with Crippen LogP contribution in [0.4, 0.5) is 0 Å². The minimum Gasteiger partial charge on any atom is -0.488 e. The largest absolute Gasteiger partial charge is 0.488 e. The van der Waals surface area contributed by atoms with Gasteiger partial charge in [-0.1, -0.05) is 12.1 Å². The van der Waals surface area contributed by atoms with Crippen molar-refractivity contribution in [1.29, 1.82) is 0 Å². The predicted molar refractivity (Wildman–Crippen MR) is 90.3 cm³/mol. The van der Waals surface area contributed by atoms with Gasteiger partial charge in [-0.3, -0.25) is 9.48 Å². The molecule has 6 nitrogen and oxygen atoms in total. The molecule has 6 heteroatoms. The van der Waals surface area contributed by atoms with E-state index in [0.717, 1.165) is 23.5 Å². The van der Waals surface area contributed by atoms with Crippen LogP contribution in [-0.4, -0.2) is 34.4 Å². The van der Waals surface area contributed by atoms with Gasteiger partial charge < -0.3 is 14.8 Å². The molecule has 0 saturated carbocycles. The summed E-state index contributed by atoms with van der Waals surface area (Å²) in [5.74, 6) is 1.46. The molecule has 0 spiro atoms. The molecule has 0 fully saturated rings. The highest BCUT2D eigenvalue weighted by atomic mass is 16.5. The van der Waals surface area contributed by atoms with Gasteiger partial charge in [-0.25, -0.2) is 0 Å². The Morgan fingerprint density at radius 2 is 2.29 bits per heavy atom. The number of hydrogen-bond donors (Lipinski definition) is 1. The van der Waals surface area contributed by atoms with Crippen molar-refractivity contribution in [3.05, 3.63) is 42.2 Å². The van der Waals surface area contributed by atoms with Crippen LogP contribution in [0.3, 0.4) is 0 Å². The van der Waals surface area contributed by atoms with Gasteiger partial charge in [0.2, 0.25) is 5.91 Å². The van der Waals surface area contributed by atoms with E-state index >= 15 is 0 Å². The minimum absolute atomic E-state index is 0.0852. The third-order valence-electron chi connectivity index (χ3n) is 4.01. The van der Waals surface area contributed by atoms with E-state index in [1.807, 2.05) is 19.1 Å². The van der Waals surface area contributed by atoms with E-state index in [-0.39, 0.29) is 17.6 Å². The second-order valence-electron chi connectivity index (χ2n) is 6.58. The van der Waals surface area contributed by atoms with Gasteiger partial charge in [-0.2, -0.15) is 5.10 Å². The quantitative estimate of drug-likeness (QED) is 0.826. The molecule has 0 saturated heterocycles. The topological polar surface area (TPSA) is 65.4 Å². The second-order valence-corrected chi connectivity index (χ2v) is 6.58. The summed E-state index contributed by atoms with van der Waals surface area (Å²) in [6.07, 6.45) is 4.30. The van der Waals surface area contributed by atoms with Crippen LogP contribution >= 0.6 is 0 Å². The fourth-order valence-electron chi connectivity index (χ4n) is 2.81. The first-order chi connectivity index (χ1) is 11.5. The van der Waals surface area contributed by atoms with Gasteiger partial charge in [0.15, 0.2) is 11.5 Å². The molecule has 3 rings (SSSR count). The number of ether oxygens (including phenoxy) is 2. The van der Waals surface area contributed by atoms with Crippen molar-refractivity contribution in [2.45, 2.75) is 38.8 Å². The van der Waals surface area contributed by atoms with E-state index in [4.69, 9.17) is 9.47 Å². The number of rotatable bonds is 6. The lowest BCUT2D eigenvalue weighted by Crippen LogP contribution is -2.34. The minimum atomic E-state index is -0.342. The number of fused-ring (bicyclic) bond motifs is 1. The van der Waals surface area contributed by atoms with Gasteiger partial charge >= 0.3 is 0 Å². The van der Waals surface area contributed by atoms with Crippen molar-refractivity contribution in [2.24, 2.45) is 0 Å². The number of nitrogens with zero attached hydrogens (tertiary/aromatic N) is 2. The number of aromatic nitrogens is 2. The van der Waals surface area contributed by atoms with E-state index < -0.39 is 0 Å². The number of nitrogens with one attached hydrogen (secondary N) is 1. The summed E-state index contributed by atoms with van der Waals surface area (Å²) in [4.78, 5) is 12.1. The third-order valence-corrected chi connectivity index (χ3v) is 4.01. The van der Waals surface area contributed by atoms with Crippen molar-refractivity contribution >= 4 is 5.91 Å². The fourth-order valence-corrected chi connectivity index (χ4v) is 2.81. The standard InChI is InChI=1S/C18H23N3O3/c1-13(21-10-5-8-20-21)17(22)19-9-11-23-15-7-4-6-14-12-18(2,3)24-16(14)15/h4-8,10,13H,9,11-12H2,1-3H3,(H,19,22). The zero-order chi connectivity index (χ0) is 17.2. The monoisotopic (exact) mass is 329 g/mol. The molecule has 1 N–H and O–H groups in total. The predicted octanol–water partition coefficient (Wildman–Crippen LogP) is 2.35. The Morgan fingerprint density at radius 1 is 1.46 bits per heavy atom. The molecule has 2 heterocycles. The molecule has 0 radical (unpaired) electrons. The zero-order valence-electron chi connectivity index (χ0n) is 14.3. The molecule has 1 aromatic heterocycles. The first-order valence-electron chi connectivity index (χ1n) is 8.17. The van der Waals surface area contributed by atoms with Crippen molar-refractivity contribution in [1.82, 2.24) is 15.1 Å². The van der Waals surface area contributed by atoms with Gasteiger partial charge in [0.1, 0.15) is 18.2 Å². The Labute approximate surface area is 141 Å². The maximum atomic E-state index is 12.1. The molecule has 0 bridgehead atoms. The maximum absolute atomic E-state index is 12.1. The summed E-state index contributed by atoms with van der Waals surface area (Å²) in [5.41, 5.74) is 0.962. The Kier molecular flexibility index (Phi) is 4.46. The van der Waals surface area contributed by atoms with E-state index in [1.54, 1.807) is 23.1 Å². The number of benzene rings is 1. The van der Waals surface area contributed by atoms with Crippen LogP contribution in [-0.2, 0) is 11.2 Å². The van der Waals surface area contributed by atoms with Gasteiger partial charge in [0, 0.05) is 24.4 Å². The highest BCUT2D eigenvalue weighted by Gasteiger charge is 2.32. The molecule has 2 aromatic rings. The molecule has 1 amide bonds. The Balaban J connectivity index is 1.50. The van der Waals surface area contributed by atoms with E-state index in [1.165, 1.54) is 0 Å². The molecule has 1 atom stereocenters. The SMILES string of the molecule is CC(C(=O)NCCOc1cccc2c1OC(C)(C)C2)n1cccn1. The van der Waals surface area contributed by atoms with Crippen LogP contribution in [0.2, 0.25) is 0 Å². The zero-order valence-corrected chi connectivity index (χ0v) is 14.3. The summed E-state index contributed by atoms with van der Waals surface area (Å²) >= 11 is 0. The Bertz CT molecular complexity index is 710. The van der Waals surface area contributed by atoms with Crippen LogP contribution in [0.1, 0.15) is 32.4 Å². The Hall–Kier alpha value is -2.50. The second kappa shape index (κ2) is 6.55. The molecule has 1 unspecified atom stereocenters. The lowest BCUT2D eigenvalue weighted by Gasteiger charge is -2.18. The first kappa shape index (κ1) is 16.4. The summed E-state index contributed by atoms with van der Waals surface area (Å²) in [6.45, 7) is 6.75. The Morgan fingerprint density at radius 3 is 3.04 bits per heavy atom. The van der Waals surface area contributed by atoms with Crippen LogP contribution in [0, 0.1) is 0 Å². The molecule has 1 aliphatic rings. The average molecular weight is 329 g/mol. The molecular weight excluding hydrogens is 306 g/mol. The number of carbonyl (C=O) groups is 1. The van der Waals surface area contributed by atoms with Crippen molar-refractivity contribution < 1.29 is 14.3 Å². The fraction of sp³-hybridized carbons (Fsp3) is 0.444. The van der Waals surface area contributed by atoms with Gasteiger partial charge in [-0.15, -0.1) is 0 Å². The highest BCUT2D eigenvalue weighted by molar-refractivity contribution is 5.79. The molecule has 0 aliphatic carbocycles. The summed E-state index contributed by atoms with van der Waals surface area (Å²) in [5, 5.41) is 6.93. The van der Waals surface area contributed by atoms with Crippen molar-refractivity contribution in [3.63, 3.8) is 0 Å². The molecule has 1 aromatic carbocycles. The molecular formula is C18H23N3O3. The van der Waals surface area contributed by atoms with Gasteiger partial charge in [-0.05, 0) is 32.9 Å². The summed E-state index contributed by atoms with van der Waals surface area (Å²) < 4.78 is 13.4. The molecule has 1 aliphatic heterocycles. The lowest BCUT2D eigenvalue weighted by molar-refractivity contribution is -0.124. The average Bonchev–Trinajstić information content (AvgIpc) is 3.16. The number of amides is 1. The first-order valence-corrected chi connectivity index (χ1v) is 8.17. The number of hydrogen-bond acceptors (Lipinski definition) is 4. The smallest absolute Gasteiger partial charge is 0.244 e. The lowest BCUT2D eigenvalue weighted by atomic mass is 10.0. The van der Waals surface area contributed by atoms with E-state index in [9.17, 15) is 4.79 Å². The number of carbonyl (C=O) groups excluding carboxylic acids is 1. The van der Waals surface area contributed by atoms with Crippen LogP contribution in [0.15, 0.2) is 36.7 Å². The van der Waals surface area contributed by atoms with Crippen molar-refractivity contribution in [2.75, 3.05) is 13.2 Å². The molecule has 128 valence electrons. The number of para-hydroxylation sites is 1. The van der Waals surface area contributed by atoms with Gasteiger partial charge in [0.05, 0.1) is 6.54 Å². The van der Waals surface area contributed by atoms with Gasteiger partial charge in [0.25, 0.3) is 0 Å². The highest BCUT2D eigenvalue weighted by Crippen LogP contribution is 2.41. The normalized spacial score (nSPS) is 16.1. The summed E-state index contributed by atoms with van der Waals surface area (Å²) in [7, 11) is 0. The molecule has 24 heavy (non-hydrogen) atoms.